The molecule has 7 nitrogen and oxygen atoms in total. The van der Waals surface area contributed by atoms with Crippen LogP contribution in [-0.2, 0) is 6.54 Å². The van der Waals surface area contributed by atoms with E-state index in [9.17, 15) is 8.78 Å². The van der Waals surface area contributed by atoms with Gasteiger partial charge in [0.2, 0.25) is 5.95 Å². The largest absolute Gasteiger partial charge is 0.326 e. The highest BCUT2D eigenvalue weighted by atomic mass is 19.1. The fourth-order valence-corrected chi connectivity index (χ4v) is 5.33. The minimum absolute atomic E-state index is 0.0109. The Morgan fingerprint density at radius 1 is 1.05 bits per heavy atom. The standard InChI is InChI=1S/C28H33F2N7/c1-17(2)37-18(3)33-26-21(29)11-20(12-23(26)37)25-22(30)14-32-27(35-25)34-24-8-7-19(13-31-24)15-36-10-6-9-28(4,5)16-36/h7-8,11-14,17H,6,9-10,15-16H2,1-5H3,(H,31,32,34,35). The Hall–Kier alpha value is -3.46. The lowest BCUT2D eigenvalue weighted by molar-refractivity contribution is 0.111. The molecule has 194 valence electrons. The minimum atomic E-state index is -0.635. The summed E-state index contributed by atoms with van der Waals surface area (Å²) in [5, 5.41) is 3.05. The van der Waals surface area contributed by atoms with E-state index >= 15 is 0 Å². The van der Waals surface area contributed by atoms with E-state index in [0.717, 1.165) is 31.4 Å². The molecule has 1 fully saturated rings. The van der Waals surface area contributed by atoms with Gasteiger partial charge in [0.25, 0.3) is 0 Å². The van der Waals surface area contributed by atoms with Crippen molar-refractivity contribution in [3.8, 4) is 11.3 Å². The molecule has 1 N–H and O–H groups in total. The first-order valence-electron chi connectivity index (χ1n) is 12.7. The molecule has 0 bridgehead atoms. The first kappa shape index (κ1) is 25.2. The molecule has 3 aromatic heterocycles. The Morgan fingerprint density at radius 3 is 2.57 bits per heavy atom. The number of fused-ring (bicyclic) bond motifs is 1. The van der Waals surface area contributed by atoms with Crippen LogP contribution in [0.15, 0.2) is 36.7 Å². The summed E-state index contributed by atoms with van der Waals surface area (Å²) >= 11 is 0. The second-order valence-electron chi connectivity index (χ2n) is 11.0. The Morgan fingerprint density at radius 2 is 1.86 bits per heavy atom. The molecule has 0 atom stereocenters. The zero-order valence-corrected chi connectivity index (χ0v) is 22.0. The highest BCUT2D eigenvalue weighted by molar-refractivity contribution is 5.83. The average molecular weight is 506 g/mol. The van der Waals surface area contributed by atoms with Crippen molar-refractivity contribution >= 4 is 22.8 Å². The van der Waals surface area contributed by atoms with Crippen LogP contribution in [0.2, 0.25) is 0 Å². The molecule has 1 aliphatic heterocycles. The maximum Gasteiger partial charge on any atom is 0.229 e. The number of benzene rings is 1. The molecule has 1 aliphatic rings. The number of rotatable bonds is 6. The van der Waals surface area contributed by atoms with Crippen molar-refractivity contribution in [1.82, 2.24) is 29.4 Å². The lowest BCUT2D eigenvalue weighted by Crippen LogP contribution is -2.39. The SMILES string of the molecule is Cc1nc2c(F)cc(-c3nc(Nc4ccc(CN5CCCC(C)(C)C5)cn4)ncc3F)cc2n1C(C)C. The first-order chi connectivity index (χ1) is 17.6. The molecule has 0 spiro atoms. The Kier molecular flexibility index (Phi) is 6.66. The summed E-state index contributed by atoms with van der Waals surface area (Å²) in [4.78, 5) is 19.8. The van der Waals surface area contributed by atoms with Crippen molar-refractivity contribution in [3.63, 3.8) is 0 Å². The van der Waals surface area contributed by atoms with Crippen molar-refractivity contribution in [2.75, 3.05) is 18.4 Å². The topological polar surface area (TPSA) is 71.8 Å². The van der Waals surface area contributed by atoms with Crippen LogP contribution in [0.5, 0.6) is 0 Å². The number of likely N-dealkylation sites (tertiary alicyclic amines) is 1. The van der Waals surface area contributed by atoms with E-state index in [0.29, 0.717) is 28.1 Å². The van der Waals surface area contributed by atoms with Gasteiger partial charge in [0, 0.05) is 30.9 Å². The van der Waals surface area contributed by atoms with Gasteiger partial charge in [-0.3, -0.25) is 4.90 Å². The smallest absolute Gasteiger partial charge is 0.229 e. The Bertz CT molecular complexity index is 1430. The predicted octanol–water partition coefficient (Wildman–Crippen LogP) is 6.42. The van der Waals surface area contributed by atoms with Gasteiger partial charge >= 0.3 is 0 Å². The fraction of sp³-hybridized carbons (Fsp3) is 0.429. The van der Waals surface area contributed by atoms with Crippen molar-refractivity contribution in [2.45, 2.75) is 60.0 Å². The monoisotopic (exact) mass is 505 g/mol. The third kappa shape index (κ3) is 5.32. The minimum Gasteiger partial charge on any atom is -0.326 e. The number of halogens is 2. The van der Waals surface area contributed by atoms with Gasteiger partial charge in [0.1, 0.15) is 22.9 Å². The molecule has 1 saturated heterocycles. The van der Waals surface area contributed by atoms with Crippen LogP contribution in [-0.4, -0.2) is 42.5 Å². The van der Waals surface area contributed by atoms with E-state index in [1.807, 2.05) is 43.7 Å². The van der Waals surface area contributed by atoms with Crippen LogP contribution in [0.25, 0.3) is 22.3 Å². The summed E-state index contributed by atoms with van der Waals surface area (Å²) in [6, 6.07) is 6.96. The van der Waals surface area contributed by atoms with Crippen LogP contribution >= 0.6 is 0 Å². The van der Waals surface area contributed by atoms with Crippen molar-refractivity contribution in [3.05, 3.63) is 59.7 Å². The van der Waals surface area contributed by atoms with E-state index < -0.39 is 11.6 Å². The summed E-state index contributed by atoms with van der Waals surface area (Å²) < 4.78 is 31.7. The van der Waals surface area contributed by atoms with Gasteiger partial charge < -0.3 is 9.88 Å². The number of aryl methyl sites for hydroxylation is 1. The number of imidazole rings is 1. The molecule has 0 unspecified atom stereocenters. The molecule has 0 aliphatic carbocycles. The molecule has 4 aromatic rings. The highest BCUT2D eigenvalue weighted by Crippen LogP contribution is 2.31. The molecule has 0 radical (unpaired) electrons. The number of hydrogen-bond acceptors (Lipinski definition) is 6. The summed E-state index contributed by atoms with van der Waals surface area (Å²) in [7, 11) is 0. The van der Waals surface area contributed by atoms with Crippen LogP contribution in [0.4, 0.5) is 20.5 Å². The van der Waals surface area contributed by atoms with Crippen LogP contribution < -0.4 is 5.32 Å². The van der Waals surface area contributed by atoms with E-state index in [1.54, 1.807) is 6.07 Å². The maximum atomic E-state index is 14.9. The third-order valence-corrected chi connectivity index (χ3v) is 6.91. The van der Waals surface area contributed by atoms with Gasteiger partial charge in [-0.15, -0.1) is 0 Å². The molecule has 0 amide bonds. The summed E-state index contributed by atoms with van der Waals surface area (Å²) in [5.41, 5.74) is 2.67. The second-order valence-corrected chi connectivity index (χ2v) is 11.0. The normalized spacial score (nSPS) is 16.0. The number of nitrogens with one attached hydrogen (secondary N) is 1. The summed E-state index contributed by atoms with van der Waals surface area (Å²) in [6.07, 6.45) is 5.39. The van der Waals surface area contributed by atoms with Gasteiger partial charge in [-0.05, 0) is 69.3 Å². The maximum absolute atomic E-state index is 14.9. The number of hydrogen-bond donors (Lipinski definition) is 1. The summed E-state index contributed by atoms with van der Waals surface area (Å²) in [5.74, 6) is 0.283. The van der Waals surface area contributed by atoms with E-state index in [1.165, 1.54) is 18.9 Å². The predicted molar refractivity (Wildman–Crippen MR) is 142 cm³/mol. The molecule has 0 saturated carbocycles. The van der Waals surface area contributed by atoms with Crippen molar-refractivity contribution in [1.29, 1.82) is 0 Å². The second kappa shape index (κ2) is 9.78. The third-order valence-electron chi connectivity index (χ3n) is 6.91. The first-order valence-corrected chi connectivity index (χ1v) is 12.7. The van der Waals surface area contributed by atoms with Crippen LogP contribution in [0, 0.1) is 24.0 Å². The molecule has 37 heavy (non-hydrogen) atoms. The van der Waals surface area contributed by atoms with Gasteiger partial charge in [0.15, 0.2) is 11.6 Å². The zero-order chi connectivity index (χ0) is 26.3. The van der Waals surface area contributed by atoms with Crippen LogP contribution in [0.1, 0.15) is 58.0 Å². The van der Waals surface area contributed by atoms with Gasteiger partial charge in [-0.25, -0.2) is 28.7 Å². The molecular formula is C28H33F2N7. The number of piperidine rings is 1. The molecule has 4 heterocycles. The van der Waals surface area contributed by atoms with Crippen LogP contribution in [0.3, 0.4) is 0 Å². The quantitative estimate of drug-likeness (QED) is 0.326. The molecule has 1 aromatic carbocycles. The highest BCUT2D eigenvalue weighted by Gasteiger charge is 2.26. The van der Waals surface area contributed by atoms with Gasteiger partial charge in [0.05, 0.1) is 11.7 Å². The lowest BCUT2D eigenvalue weighted by atomic mass is 9.84. The van der Waals surface area contributed by atoms with E-state index in [-0.39, 0.29) is 23.2 Å². The van der Waals surface area contributed by atoms with Gasteiger partial charge in [-0.2, -0.15) is 0 Å². The molecule has 9 heteroatoms. The fourth-order valence-electron chi connectivity index (χ4n) is 5.33. The van der Waals surface area contributed by atoms with E-state index in [2.05, 4.69) is 44.0 Å². The molecular weight excluding hydrogens is 472 g/mol. The number of nitrogens with zero attached hydrogens (tertiary/aromatic N) is 6. The Labute approximate surface area is 216 Å². The van der Waals surface area contributed by atoms with E-state index in [4.69, 9.17) is 0 Å². The lowest BCUT2D eigenvalue weighted by Gasteiger charge is -2.38. The zero-order valence-electron chi connectivity index (χ0n) is 22.0. The Balaban J connectivity index is 1.37. The van der Waals surface area contributed by atoms with Gasteiger partial charge in [-0.1, -0.05) is 19.9 Å². The number of aromatic nitrogens is 5. The summed E-state index contributed by atoms with van der Waals surface area (Å²) in [6.45, 7) is 13.5. The van der Waals surface area contributed by atoms with Crippen molar-refractivity contribution < 1.29 is 8.78 Å². The molecule has 5 rings (SSSR count). The van der Waals surface area contributed by atoms with Crippen molar-refractivity contribution in [2.24, 2.45) is 5.41 Å². The average Bonchev–Trinajstić information content (AvgIpc) is 3.17. The number of pyridine rings is 1. The number of anilines is 2.